The average Bonchev–Trinajstić information content (AvgIpc) is 2.39. The minimum absolute atomic E-state index is 0.124. The highest BCUT2D eigenvalue weighted by molar-refractivity contribution is 6.02. The summed E-state index contributed by atoms with van der Waals surface area (Å²) >= 11 is 0. The van der Waals surface area contributed by atoms with Crippen LogP contribution in [0.5, 0.6) is 0 Å². The third-order valence-corrected chi connectivity index (χ3v) is 2.97. The maximum absolute atomic E-state index is 8.94. The molecular formula is C15H23NO. The molecule has 1 aromatic carbocycles. The second-order valence-corrected chi connectivity index (χ2v) is 4.25. The number of rotatable bonds is 7. The van der Waals surface area contributed by atoms with Crippen molar-refractivity contribution in [1.29, 1.82) is 0 Å². The molecule has 0 saturated heterocycles. The molecule has 1 aromatic rings. The zero-order valence-electron chi connectivity index (χ0n) is 10.9. The summed E-state index contributed by atoms with van der Waals surface area (Å²) in [6, 6.07) is 10.3. The Labute approximate surface area is 104 Å². The Morgan fingerprint density at radius 3 is 2.47 bits per heavy atom. The monoisotopic (exact) mass is 233 g/mol. The Morgan fingerprint density at radius 2 is 1.94 bits per heavy atom. The molecule has 2 nitrogen and oxygen atoms in total. The van der Waals surface area contributed by atoms with Gasteiger partial charge in [0.15, 0.2) is 0 Å². The smallest absolute Gasteiger partial charge is 0.0627 e. The van der Waals surface area contributed by atoms with Crippen LogP contribution < -0.4 is 0 Å². The summed E-state index contributed by atoms with van der Waals surface area (Å²) in [7, 11) is 0. The van der Waals surface area contributed by atoms with Crippen molar-refractivity contribution in [3.8, 4) is 0 Å². The molecule has 0 aromatic heterocycles. The molecule has 1 atom stereocenters. The van der Waals surface area contributed by atoms with Gasteiger partial charge in [-0.15, -0.1) is 0 Å². The lowest BCUT2D eigenvalue weighted by molar-refractivity contribution is 0.306. The van der Waals surface area contributed by atoms with E-state index in [-0.39, 0.29) is 6.61 Å². The molecule has 0 saturated carbocycles. The molecule has 94 valence electrons. The van der Waals surface area contributed by atoms with Gasteiger partial charge in [0.1, 0.15) is 0 Å². The van der Waals surface area contributed by atoms with Gasteiger partial charge in [-0.25, -0.2) is 0 Å². The van der Waals surface area contributed by atoms with Gasteiger partial charge in [-0.3, -0.25) is 4.99 Å². The molecule has 1 unspecified atom stereocenters. The van der Waals surface area contributed by atoms with Gasteiger partial charge in [0, 0.05) is 11.6 Å². The van der Waals surface area contributed by atoms with Gasteiger partial charge in [0.25, 0.3) is 0 Å². The summed E-state index contributed by atoms with van der Waals surface area (Å²) in [5.74, 6) is 0.508. The zero-order chi connectivity index (χ0) is 12.5. The zero-order valence-corrected chi connectivity index (χ0v) is 10.9. The Morgan fingerprint density at radius 1 is 1.24 bits per heavy atom. The van der Waals surface area contributed by atoms with Crippen molar-refractivity contribution in [3.63, 3.8) is 0 Å². The molecule has 0 heterocycles. The Bertz CT molecular complexity index is 332. The van der Waals surface area contributed by atoms with E-state index < -0.39 is 0 Å². The SMILES string of the molecule is CCCC(CC)C(=NCCO)c1ccccc1. The van der Waals surface area contributed by atoms with Gasteiger partial charge < -0.3 is 5.11 Å². The van der Waals surface area contributed by atoms with Crippen LogP contribution in [-0.2, 0) is 0 Å². The van der Waals surface area contributed by atoms with E-state index >= 15 is 0 Å². The summed E-state index contributed by atoms with van der Waals surface area (Å²) in [5, 5.41) is 8.94. The van der Waals surface area contributed by atoms with Crippen LogP contribution in [0.1, 0.15) is 38.7 Å². The molecule has 17 heavy (non-hydrogen) atoms. The van der Waals surface area contributed by atoms with Crippen molar-refractivity contribution in [2.75, 3.05) is 13.2 Å². The van der Waals surface area contributed by atoms with E-state index in [0.29, 0.717) is 12.5 Å². The van der Waals surface area contributed by atoms with Crippen LogP contribution in [0, 0.1) is 5.92 Å². The van der Waals surface area contributed by atoms with Crippen LogP contribution in [-0.4, -0.2) is 24.0 Å². The number of aliphatic hydroxyl groups excluding tert-OH is 1. The van der Waals surface area contributed by atoms with Crippen LogP contribution in [0.2, 0.25) is 0 Å². The highest BCUT2D eigenvalue weighted by atomic mass is 16.3. The first kappa shape index (κ1) is 13.9. The molecule has 0 fully saturated rings. The van der Waals surface area contributed by atoms with Crippen LogP contribution in [0.25, 0.3) is 0 Å². The summed E-state index contributed by atoms with van der Waals surface area (Å²) in [4.78, 5) is 4.57. The fourth-order valence-electron chi connectivity index (χ4n) is 2.12. The summed E-state index contributed by atoms with van der Waals surface area (Å²) in [6.07, 6.45) is 3.44. The average molecular weight is 233 g/mol. The van der Waals surface area contributed by atoms with E-state index in [4.69, 9.17) is 5.11 Å². The van der Waals surface area contributed by atoms with Gasteiger partial charge in [-0.1, -0.05) is 50.6 Å². The minimum atomic E-state index is 0.124. The first-order chi connectivity index (χ1) is 8.33. The first-order valence-electron chi connectivity index (χ1n) is 6.54. The molecule has 2 heteroatoms. The fraction of sp³-hybridized carbons (Fsp3) is 0.533. The number of benzene rings is 1. The third kappa shape index (κ3) is 4.31. The van der Waals surface area contributed by atoms with E-state index in [1.54, 1.807) is 0 Å². The minimum Gasteiger partial charge on any atom is -0.394 e. The number of aliphatic hydroxyl groups is 1. The topological polar surface area (TPSA) is 32.6 Å². The summed E-state index contributed by atoms with van der Waals surface area (Å²) in [5.41, 5.74) is 2.35. The van der Waals surface area contributed by atoms with Crippen molar-refractivity contribution in [2.24, 2.45) is 10.9 Å². The molecule has 0 amide bonds. The normalized spacial score (nSPS) is 13.7. The quantitative estimate of drug-likeness (QED) is 0.720. The molecule has 1 rings (SSSR count). The largest absolute Gasteiger partial charge is 0.394 e. The van der Waals surface area contributed by atoms with E-state index in [1.807, 2.05) is 18.2 Å². The van der Waals surface area contributed by atoms with E-state index in [9.17, 15) is 0 Å². The third-order valence-electron chi connectivity index (χ3n) is 2.97. The molecule has 0 radical (unpaired) electrons. The standard InChI is InChI=1S/C15H23NO/c1-3-8-13(4-2)15(16-11-12-17)14-9-6-5-7-10-14/h5-7,9-10,13,17H,3-4,8,11-12H2,1-2H3. The van der Waals surface area contributed by atoms with Crippen molar-refractivity contribution in [3.05, 3.63) is 35.9 Å². The maximum Gasteiger partial charge on any atom is 0.0627 e. The molecule has 0 aliphatic carbocycles. The van der Waals surface area contributed by atoms with Crippen molar-refractivity contribution in [1.82, 2.24) is 0 Å². The Hall–Kier alpha value is -1.15. The van der Waals surface area contributed by atoms with Gasteiger partial charge in [0.05, 0.1) is 13.2 Å². The molecule has 0 spiro atoms. The molecule has 0 aliphatic heterocycles. The molecule has 0 aliphatic rings. The molecular weight excluding hydrogens is 210 g/mol. The van der Waals surface area contributed by atoms with Gasteiger partial charge >= 0.3 is 0 Å². The predicted octanol–water partition coefficient (Wildman–Crippen LogP) is 3.29. The van der Waals surface area contributed by atoms with Crippen molar-refractivity contribution < 1.29 is 5.11 Å². The Balaban J connectivity index is 2.94. The number of hydrogen-bond acceptors (Lipinski definition) is 2. The van der Waals surface area contributed by atoms with Gasteiger partial charge in [0.2, 0.25) is 0 Å². The van der Waals surface area contributed by atoms with E-state index in [1.165, 1.54) is 12.0 Å². The summed E-state index contributed by atoms with van der Waals surface area (Å²) < 4.78 is 0. The van der Waals surface area contributed by atoms with E-state index in [0.717, 1.165) is 18.6 Å². The molecule has 1 N–H and O–H groups in total. The van der Waals surface area contributed by atoms with Crippen LogP contribution in [0.3, 0.4) is 0 Å². The second-order valence-electron chi connectivity index (χ2n) is 4.25. The lowest BCUT2D eigenvalue weighted by atomic mass is 9.90. The highest BCUT2D eigenvalue weighted by Gasteiger charge is 2.14. The molecule has 0 bridgehead atoms. The first-order valence-corrected chi connectivity index (χ1v) is 6.54. The van der Waals surface area contributed by atoms with Crippen molar-refractivity contribution >= 4 is 5.71 Å². The van der Waals surface area contributed by atoms with Gasteiger partial charge in [-0.2, -0.15) is 0 Å². The van der Waals surface area contributed by atoms with Crippen LogP contribution in [0.4, 0.5) is 0 Å². The number of nitrogens with zero attached hydrogens (tertiary/aromatic N) is 1. The van der Waals surface area contributed by atoms with E-state index in [2.05, 4.69) is 31.0 Å². The fourth-order valence-corrected chi connectivity index (χ4v) is 2.12. The second kappa shape index (κ2) is 8.02. The lowest BCUT2D eigenvalue weighted by Crippen LogP contribution is -2.16. The van der Waals surface area contributed by atoms with Gasteiger partial charge in [-0.05, 0) is 18.4 Å². The maximum atomic E-state index is 8.94. The highest BCUT2D eigenvalue weighted by Crippen LogP contribution is 2.18. The Kier molecular flexibility index (Phi) is 6.56. The van der Waals surface area contributed by atoms with Crippen molar-refractivity contribution in [2.45, 2.75) is 33.1 Å². The lowest BCUT2D eigenvalue weighted by Gasteiger charge is -2.17. The number of aliphatic imine (C=N–C) groups is 1. The van der Waals surface area contributed by atoms with Crippen LogP contribution >= 0.6 is 0 Å². The number of hydrogen-bond donors (Lipinski definition) is 1. The predicted molar refractivity (Wildman–Crippen MR) is 73.6 cm³/mol. The summed E-state index contributed by atoms with van der Waals surface area (Å²) in [6.45, 7) is 5.04. The van der Waals surface area contributed by atoms with Crippen LogP contribution in [0.15, 0.2) is 35.3 Å².